The Balaban J connectivity index is 1.52. The average Bonchev–Trinajstić information content (AvgIpc) is 3.15. The van der Waals surface area contributed by atoms with Crippen LogP contribution in [0.2, 0.25) is 0 Å². The summed E-state index contributed by atoms with van der Waals surface area (Å²) < 4.78 is 11.4. The third-order valence-electron chi connectivity index (χ3n) is 4.11. The Labute approximate surface area is 148 Å². The maximum atomic E-state index is 12.3. The number of hydrogen-bond donors (Lipinski definition) is 2. The third-order valence-corrected chi connectivity index (χ3v) is 4.11. The molecule has 1 aliphatic heterocycles. The van der Waals surface area contributed by atoms with Gasteiger partial charge in [-0.1, -0.05) is 24.3 Å². The van der Waals surface area contributed by atoms with Gasteiger partial charge in [-0.15, -0.1) is 0 Å². The lowest BCUT2D eigenvalue weighted by atomic mass is 10.2. The molecule has 1 fully saturated rings. The topological polar surface area (TPSA) is 59.6 Å². The monoisotopic (exact) mass is 340 g/mol. The Morgan fingerprint density at radius 2 is 2.00 bits per heavy atom. The fourth-order valence-corrected chi connectivity index (χ4v) is 2.73. The molecule has 0 bridgehead atoms. The second-order valence-electron chi connectivity index (χ2n) is 6.20. The Hall–Kier alpha value is -2.53. The van der Waals surface area contributed by atoms with Crippen LogP contribution >= 0.6 is 0 Å². The summed E-state index contributed by atoms with van der Waals surface area (Å²) >= 11 is 0. The molecule has 5 heteroatoms. The van der Waals surface area contributed by atoms with Crippen molar-refractivity contribution in [1.29, 1.82) is 0 Å². The zero-order chi connectivity index (χ0) is 17.5. The number of ether oxygens (including phenoxy) is 2. The van der Waals surface area contributed by atoms with Gasteiger partial charge in [0.1, 0.15) is 18.4 Å². The Bertz CT molecular complexity index is 684. The Morgan fingerprint density at radius 1 is 1.20 bits per heavy atom. The van der Waals surface area contributed by atoms with Crippen LogP contribution in [0, 0.1) is 0 Å². The molecule has 0 radical (unpaired) electrons. The van der Waals surface area contributed by atoms with E-state index in [1.165, 1.54) is 0 Å². The van der Waals surface area contributed by atoms with Gasteiger partial charge in [-0.25, -0.2) is 0 Å². The van der Waals surface area contributed by atoms with E-state index in [0.717, 1.165) is 36.6 Å². The molecule has 0 aliphatic carbocycles. The van der Waals surface area contributed by atoms with E-state index in [0.29, 0.717) is 6.61 Å². The minimum atomic E-state index is -0.367. The van der Waals surface area contributed by atoms with Gasteiger partial charge >= 0.3 is 0 Å². The molecule has 1 saturated heterocycles. The van der Waals surface area contributed by atoms with Gasteiger partial charge in [-0.3, -0.25) is 4.79 Å². The van der Waals surface area contributed by atoms with Crippen molar-refractivity contribution >= 4 is 17.3 Å². The Kier molecular flexibility index (Phi) is 5.90. The van der Waals surface area contributed by atoms with Crippen molar-refractivity contribution in [3.63, 3.8) is 0 Å². The number of amides is 1. The SMILES string of the molecule is CC(Nc1cccc(OCC2CCCO2)c1)C(=O)Nc1ccccc1. The van der Waals surface area contributed by atoms with Gasteiger partial charge in [-0.2, -0.15) is 0 Å². The maximum Gasteiger partial charge on any atom is 0.246 e. The van der Waals surface area contributed by atoms with Crippen LogP contribution in [0.3, 0.4) is 0 Å². The summed E-state index contributed by atoms with van der Waals surface area (Å²) in [7, 11) is 0. The predicted molar refractivity (Wildman–Crippen MR) is 99.1 cm³/mol. The summed E-state index contributed by atoms with van der Waals surface area (Å²) in [6.07, 6.45) is 2.34. The minimum absolute atomic E-state index is 0.0862. The van der Waals surface area contributed by atoms with Gasteiger partial charge in [0.2, 0.25) is 5.91 Å². The summed E-state index contributed by atoms with van der Waals surface area (Å²) in [6, 6.07) is 16.7. The van der Waals surface area contributed by atoms with E-state index in [9.17, 15) is 4.79 Å². The second-order valence-corrected chi connectivity index (χ2v) is 6.20. The average molecular weight is 340 g/mol. The molecule has 2 atom stereocenters. The van der Waals surface area contributed by atoms with Crippen LogP contribution in [0.1, 0.15) is 19.8 Å². The van der Waals surface area contributed by atoms with Crippen molar-refractivity contribution in [2.24, 2.45) is 0 Å². The summed E-state index contributed by atoms with van der Waals surface area (Å²) in [5.41, 5.74) is 1.63. The normalized spacial score (nSPS) is 17.7. The molecule has 0 saturated carbocycles. The van der Waals surface area contributed by atoms with E-state index in [1.807, 2.05) is 61.5 Å². The summed E-state index contributed by atoms with van der Waals surface area (Å²) in [4.78, 5) is 12.3. The third kappa shape index (κ3) is 5.22. The number of anilines is 2. The molecule has 132 valence electrons. The molecular formula is C20H24N2O3. The smallest absolute Gasteiger partial charge is 0.246 e. The first-order valence-corrected chi connectivity index (χ1v) is 8.67. The highest BCUT2D eigenvalue weighted by Crippen LogP contribution is 2.20. The van der Waals surface area contributed by atoms with Crippen LogP contribution in [-0.4, -0.2) is 31.3 Å². The first-order chi connectivity index (χ1) is 12.2. The van der Waals surface area contributed by atoms with Crippen LogP contribution in [-0.2, 0) is 9.53 Å². The fraction of sp³-hybridized carbons (Fsp3) is 0.350. The van der Waals surface area contributed by atoms with Crippen LogP contribution in [0.4, 0.5) is 11.4 Å². The lowest BCUT2D eigenvalue weighted by molar-refractivity contribution is -0.116. The lowest BCUT2D eigenvalue weighted by Gasteiger charge is -2.17. The van der Waals surface area contributed by atoms with Crippen LogP contribution < -0.4 is 15.4 Å². The van der Waals surface area contributed by atoms with Crippen molar-refractivity contribution in [2.75, 3.05) is 23.8 Å². The largest absolute Gasteiger partial charge is 0.491 e. The first kappa shape index (κ1) is 17.3. The van der Waals surface area contributed by atoms with Crippen LogP contribution in [0.15, 0.2) is 54.6 Å². The zero-order valence-corrected chi connectivity index (χ0v) is 14.4. The van der Waals surface area contributed by atoms with Gasteiger partial charge in [-0.05, 0) is 44.0 Å². The van der Waals surface area contributed by atoms with Crippen molar-refractivity contribution < 1.29 is 14.3 Å². The highest BCUT2D eigenvalue weighted by molar-refractivity contribution is 5.96. The van der Waals surface area contributed by atoms with Gasteiger partial charge in [0.25, 0.3) is 0 Å². The Morgan fingerprint density at radius 3 is 2.76 bits per heavy atom. The number of benzene rings is 2. The van der Waals surface area contributed by atoms with Crippen molar-refractivity contribution in [3.05, 3.63) is 54.6 Å². The number of rotatable bonds is 7. The molecule has 25 heavy (non-hydrogen) atoms. The predicted octanol–water partition coefficient (Wildman–Crippen LogP) is 3.68. The number of hydrogen-bond acceptors (Lipinski definition) is 4. The highest BCUT2D eigenvalue weighted by atomic mass is 16.5. The molecule has 5 nitrogen and oxygen atoms in total. The molecule has 0 spiro atoms. The molecular weight excluding hydrogens is 316 g/mol. The van der Waals surface area contributed by atoms with E-state index in [2.05, 4.69) is 10.6 Å². The number of carbonyl (C=O) groups is 1. The van der Waals surface area contributed by atoms with Crippen molar-refractivity contribution in [3.8, 4) is 5.75 Å². The van der Waals surface area contributed by atoms with E-state index in [-0.39, 0.29) is 18.1 Å². The molecule has 2 aromatic rings. The fourth-order valence-electron chi connectivity index (χ4n) is 2.73. The molecule has 2 N–H and O–H groups in total. The van der Waals surface area contributed by atoms with Gasteiger partial charge < -0.3 is 20.1 Å². The summed E-state index contributed by atoms with van der Waals surface area (Å²) in [6.45, 7) is 3.22. The van der Waals surface area contributed by atoms with Crippen molar-refractivity contribution in [1.82, 2.24) is 0 Å². The molecule has 0 aromatic heterocycles. The van der Waals surface area contributed by atoms with Gasteiger partial charge in [0.15, 0.2) is 0 Å². The van der Waals surface area contributed by atoms with E-state index >= 15 is 0 Å². The zero-order valence-electron chi connectivity index (χ0n) is 14.4. The van der Waals surface area contributed by atoms with E-state index in [1.54, 1.807) is 0 Å². The van der Waals surface area contributed by atoms with E-state index in [4.69, 9.17) is 9.47 Å². The first-order valence-electron chi connectivity index (χ1n) is 8.67. The maximum absolute atomic E-state index is 12.3. The second kappa shape index (κ2) is 8.53. The molecule has 1 aliphatic rings. The molecule has 2 unspecified atom stereocenters. The highest BCUT2D eigenvalue weighted by Gasteiger charge is 2.16. The van der Waals surface area contributed by atoms with Gasteiger partial charge in [0.05, 0.1) is 6.10 Å². The standard InChI is InChI=1S/C20H24N2O3/c1-15(20(23)22-16-7-3-2-4-8-16)21-17-9-5-10-18(13-17)25-14-19-11-6-12-24-19/h2-5,7-10,13,15,19,21H,6,11-12,14H2,1H3,(H,22,23). The lowest BCUT2D eigenvalue weighted by Crippen LogP contribution is -2.31. The van der Waals surface area contributed by atoms with E-state index < -0.39 is 0 Å². The molecule has 3 rings (SSSR count). The number of nitrogens with one attached hydrogen (secondary N) is 2. The molecule has 1 amide bonds. The molecule has 1 heterocycles. The summed E-state index contributed by atoms with van der Waals surface area (Å²) in [5.74, 6) is 0.688. The van der Waals surface area contributed by atoms with Crippen LogP contribution in [0.5, 0.6) is 5.75 Å². The minimum Gasteiger partial charge on any atom is -0.491 e. The molecule has 2 aromatic carbocycles. The number of para-hydroxylation sites is 1. The summed E-state index contributed by atoms with van der Waals surface area (Å²) in [5, 5.41) is 6.10. The quantitative estimate of drug-likeness (QED) is 0.807. The van der Waals surface area contributed by atoms with Crippen molar-refractivity contribution in [2.45, 2.75) is 31.9 Å². The van der Waals surface area contributed by atoms with Gasteiger partial charge in [0, 0.05) is 24.0 Å². The number of carbonyl (C=O) groups excluding carboxylic acids is 1. The van der Waals surface area contributed by atoms with Crippen LogP contribution in [0.25, 0.3) is 0 Å².